The van der Waals surface area contributed by atoms with E-state index in [1.54, 1.807) is 0 Å². The van der Waals surface area contributed by atoms with Crippen LogP contribution >= 0.6 is 0 Å². The van der Waals surface area contributed by atoms with Gasteiger partial charge in [-0.3, -0.25) is 4.90 Å². The van der Waals surface area contributed by atoms with Crippen LogP contribution in [0.25, 0.3) is 11.4 Å². The number of carbonyl (C=O) groups is 1. The summed E-state index contributed by atoms with van der Waals surface area (Å²) in [5, 5.41) is 9.99. The molecule has 1 aliphatic heterocycles. The topological polar surface area (TPSA) is 83.3 Å². The number of anilines is 1. The van der Waals surface area contributed by atoms with Crippen molar-refractivity contribution in [2.75, 3.05) is 18.9 Å². The van der Waals surface area contributed by atoms with Crippen LogP contribution in [0.4, 0.5) is 10.5 Å². The third-order valence-electron chi connectivity index (χ3n) is 4.95. The molecule has 144 valence electrons. The summed E-state index contributed by atoms with van der Waals surface area (Å²) < 4.78 is 5.52. The first kappa shape index (κ1) is 18.2. The maximum Gasteiger partial charge on any atom is 0.319 e. The molecule has 1 aromatic heterocycles. The van der Waals surface area contributed by atoms with Crippen LogP contribution < -0.4 is 10.6 Å². The number of likely N-dealkylation sites (tertiary alicyclic amines) is 1. The second kappa shape index (κ2) is 7.82. The number of nitrogens with zero attached hydrogens (tertiary/aromatic N) is 3. The van der Waals surface area contributed by atoms with Gasteiger partial charge in [0.1, 0.15) is 0 Å². The molecule has 2 aromatic carbocycles. The molecule has 1 fully saturated rings. The zero-order chi connectivity index (χ0) is 19.5. The summed E-state index contributed by atoms with van der Waals surface area (Å²) in [6.45, 7) is 2.76. The predicted molar refractivity (Wildman–Crippen MR) is 107 cm³/mol. The number of aromatic nitrogens is 2. The van der Waals surface area contributed by atoms with Gasteiger partial charge in [0.2, 0.25) is 11.7 Å². The molecule has 2 heterocycles. The summed E-state index contributed by atoms with van der Waals surface area (Å²) in [5.74, 6) is 1.16. The summed E-state index contributed by atoms with van der Waals surface area (Å²) in [7, 11) is 2.00. The molecular weight excluding hydrogens is 354 g/mol. The molecule has 0 bridgehead atoms. The molecule has 0 aliphatic carbocycles. The van der Waals surface area contributed by atoms with Crippen LogP contribution in [0.3, 0.4) is 0 Å². The van der Waals surface area contributed by atoms with E-state index in [1.807, 2.05) is 68.6 Å². The molecule has 0 unspecified atom stereocenters. The van der Waals surface area contributed by atoms with E-state index in [4.69, 9.17) is 4.52 Å². The van der Waals surface area contributed by atoms with E-state index in [0.717, 1.165) is 17.8 Å². The van der Waals surface area contributed by atoms with Crippen molar-refractivity contribution >= 4 is 11.7 Å². The smallest absolute Gasteiger partial charge is 0.319 e. The Morgan fingerprint density at radius 3 is 2.64 bits per heavy atom. The van der Waals surface area contributed by atoms with Gasteiger partial charge in [0, 0.05) is 23.8 Å². The van der Waals surface area contributed by atoms with Gasteiger partial charge in [-0.15, -0.1) is 0 Å². The van der Waals surface area contributed by atoms with Crippen molar-refractivity contribution in [2.24, 2.45) is 0 Å². The first-order valence-electron chi connectivity index (χ1n) is 9.32. The summed E-state index contributed by atoms with van der Waals surface area (Å²) >= 11 is 0. The molecule has 7 heteroatoms. The summed E-state index contributed by atoms with van der Waals surface area (Å²) in [5.41, 5.74) is 2.88. The standard InChI is InChI=1S/C21H23N5O2/c1-14-8-10-15(11-9-14)19-24-20(28-25-19)18-12-17(13-26(18)2)23-21(27)22-16-6-4-3-5-7-16/h3-11,17-18H,12-13H2,1-2H3,(H2,22,23,27)/t17-,18+/m0/s1. The molecule has 2 atom stereocenters. The average Bonchev–Trinajstić information content (AvgIpc) is 3.30. The Morgan fingerprint density at radius 2 is 1.89 bits per heavy atom. The van der Waals surface area contributed by atoms with E-state index < -0.39 is 0 Å². The quantitative estimate of drug-likeness (QED) is 0.726. The van der Waals surface area contributed by atoms with Crippen LogP contribution in [0.5, 0.6) is 0 Å². The highest BCUT2D eigenvalue weighted by molar-refractivity contribution is 5.89. The van der Waals surface area contributed by atoms with Crippen molar-refractivity contribution in [3.63, 3.8) is 0 Å². The number of para-hydroxylation sites is 1. The first-order chi connectivity index (χ1) is 13.6. The third kappa shape index (κ3) is 4.04. The Hall–Kier alpha value is -3.19. The maximum absolute atomic E-state index is 12.2. The minimum absolute atomic E-state index is 0.00781. The van der Waals surface area contributed by atoms with Gasteiger partial charge in [0.25, 0.3) is 0 Å². The van der Waals surface area contributed by atoms with Crippen molar-refractivity contribution in [1.29, 1.82) is 0 Å². The van der Waals surface area contributed by atoms with Crippen LogP contribution in [0.15, 0.2) is 59.1 Å². The number of benzene rings is 2. The zero-order valence-corrected chi connectivity index (χ0v) is 15.9. The van der Waals surface area contributed by atoms with E-state index in [1.165, 1.54) is 5.56 Å². The second-order valence-corrected chi connectivity index (χ2v) is 7.17. The Labute approximate surface area is 163 Å². The normalized spacial score (nSPS) is 19.5. The maximum atomic E-state index is 12.2. The molecule has 1 saturated heterocycles. The molecule has 4 rings (SSSR count). The van der Waals surface area contributed by atoms with Crippen molar-refractivity contribution in [3.8, 4) is 11.4 Å². The lowest BCUT2D eigenvalue weighted by atomic mass is 10.1. The van der Waals surface area contributed by atoms with Gasteiger partial charge in [-0.2, -0.15) is 4.98 Å². The minimum Gasteiger partial charge on any atom is -0.337 e. The van der Waals surface area contributed by atoms with Crippen molar-refractivity contribution in [3.05, 3.63) is 66.1 Å². The van der Waals surface area contributed by atoms with Gasteiger partial charge in [-0.05, 0) is 32.5 Å². The third-order valence-corrected chi connectivity index (χ3v) is 4.95. The highest BCUT2D eigenvalue weighted by Crippen LogP contribution is 2.31. The molecular formula is C21H23N5O2. The molecule has 1 aliphatic rings. The predicted octanol–water partition coefficient (Wildman–Crippen LogP) is 3.61. The fourth-order valence-electron chi connectivity index (χ4n) is 3.46. The number of carbonyl (C=O) groups excluding carboxylic acids is 1. The van der Waals surface area contributed by atoms with Gasteiger partial charge in [-0.25, -0.2) is 4.79 Å². The van der Waals surface area contributed by atoms with E-state index >= 15 is 0 Å². The highest BCUT2D eigenvalue weighted by atomic mass is 16.5. The lowest BCUT2D eigenvalue weighted by Crippen LogP contribution is -2.39. The van der Waals surface area contributed by atoms with Crippen LogP contribution in [0.1, 0.15) is 23.9 Å². The van der Waals surface area contributed by atoms with Gasteiger partial charge < -0.3 is 15.2 Å². The Bertz CT molecular complexity index is 939. The SMILES string of the molecule is Cc1ccc(-c2noc([C@H]3C[C@H](NC(=O)Nc4ccccc4)CN3C)n2)cc1. The van der Waals surface area contributed by atoms with Crippen LogP contribution in [-0.4, -0.2) is 40.7 Å². The number of nitrogens with one attached hydrogen (secondary N) is 2. The minimum atomic E-state index is -0.212. The molecule has 2 N–H and O–H groups in total. The van der Waals surface area contributed by atoms with E-state index in [-0.39, 0.29) is 18.1 Å². The average molecular weight is 377 g/mol. The Kier molecular flexibility index (Phi) is 5.08. The molecule has 2 amide bonds. The number of urea groups is 1. The van der Waals surface area contributed by atoms with Crippen molar-refractivity contribution in [2.45, 2.75) is 25.4 Å². The molecule has 7 nitrogen and oxygen atoms in total. The number of likely N-dealkylation sites (N-methyl/N-ethyl adjacent to an activating group) is 1. The fraction of sp³-hybridized carbons (Fsp3) is 0.286. The molecule has 0 saturated carbocycles. The van der Waals surface area contributed by atoms with Crippen LogP contribution in [-0.2, 0) is 0 Å². The molecule has 28 heavy (non-hydrogen) atoms. The Balaban J connectivity index is 1.39. The van der Waals surface area contributed by atoms with Crippen molar-refractivity contribution in [1.82, 2.24) is 20.4 Å². The number of aryl methyl sites for hydroxylation is 1. The number of rotatable bonds is 4. The van der Waals surface area contributed by atoms with Gasteiger partial charge in [0.15, 0.2) is 0 Å². The largest absolute Gasteiger partial charge is 0.337 e. The summed E-state index contributed by atoms with van der Waals surface area (Å²) in [6.07, 6.45) is 0.717. The number of hydrogen-bond acceptors (Lipinski definition) is 5. The summed E-state index contributed by atoms with van der Waals surface area (Å²) in [4.78, 5) is 18.9. The number of amides is 2. The first-order valence-corrected chi connectivity index (χ1v) is 9.32. The van der Waals surface area contributed by atoms with Crippen LogP contribution in [0.2, 0.25) is 0 Å². The van der Waals surface area contributed by atoms with Crippen molar-refractivity contribution < 1.29 is 9.32 Å². The molecule has 3 aromatic rings. The van der Waals surface area contributed by atoms with Gasteiger partial charge >= 0.3 is 6.03 Å². The van der Waals surface area contributed by atoms with E-state index in [2.05, 4.69) is 25.7 Å². The fourth-order valence-corrected chi connectivity index (χ4v) is 3.46. The second-order valence-electron chi connectivity index (χ2n) is 7.17. The van der Waals surface area contributed by atoms with Crippen LogP contribution in [0, 0.1) is 6.92 Å². The van der Waals surface area contributed by atoms with Gasteiger partial charge in [-0.1, -0.05) is 53.2 Å². The number of hydrogen-bond donors (Lipinski definition) is 2. The Morgan fingerprint density at radius 1 is 1.14 bits per heavy atom. The van der Waals surface area contributed by atoms with Gasteiger partial charge in [0.05, 0.1) is 6.04 Å². The molecule has 0 radical (unpaired) electrons. The van der Waals surface area contributed by atoms with E-state index in [9.17, 15) is 4.79 Å². The lowest BCUT2D eigenvalue weighted by Gasteiger charge is -2.14. The lowest BCUT2D eigenvalue weighted by molar-refractivity contribution is 0.243. The highest BCUT2D eigenvalue weighted by Gasteiger charge is 2.35. The zero-order valence-electron chi connectivity index (χ0n) is 15.9. The monoisotopic (exact) mass is 377 g/mol. The summed E-state index contributed by atoms with van der Waals surface area (Å²) in [6, 6.07) is 17.2. The van der Waals surface area contributed by atoms with E-state index in [0.29, 0.717) is 18.1 Å². The molecule has 0 spiro atoms.